The minimum Gasteiger partial charge on any atom is -0.507 e. The van der Waals surface area contributed by atoms with Crippen molar-refractivity contribution in [2.24, 2.45) is 0 Å². The summed E-state index contributed by atoms with van der Waals surface area (Å²) in [4.78, 5) is 27.9. The molecule has 2 heterocycles. The van der Waals surface area contributed by atoms with Crippen LogP contribution in [-0.4, -0.2) is 28.3 Å². The maximum Gasteiger partial charge on any atom is 0.296 e. The van der Waals surface area contributed by atoms with Crippen molar-refractivity contribution in [1.82, 2.24) is 4.90 Å². The molecule has 37 heavy (non-hydrogen) atoms. The Morgan fingerprint density at radius 2 is 1.65 bits per heavy atom. The van der Waals surface area contributed by atoms with E-state index in [9.17, 15) is 14.7 Å². The predicted molar refractivity (Wildman–Crippen MR) is 137 cm³/mol. The Morgan fingerprint density at radius 3 is 2.35 bits per heavy atom. The number of hydrogen-bond acceptors (Lipinski definition) is 6. The van der Waals surface area contributed by atoms with Gasteiger partial charge in [-0.25, -0.2) is 0 Å². The number of furan rings is 1. The Bertz CT molecular complexity index is 1420. The zero-order valence-corrected chi connectivity index (χ0v) is 20.2. The van der Waals surface area contributed by atoms with Gasteiger partial charge in [0.25, 0.3) is 11.7 Å². The lowest BCUT2D eigenvalue weighted by Crippen LogP contribution is -2.29. The lowest BCUT2D eigenvalue weighted by molar-refractivity contribution is -0.140. The zero-order valence-electron chi connectivity index (χ0n) is 20.2. The lowest BCUT2D eigenvalue weighted by atomic mass is 9.95. The molecule has 1 aliphatic rings. The number of aliphatic hydroxyl groups is 1. The van der Waals surface area contributed by atoms with Crippen molar-refractivity contribution in [3.63, 3.8) is 0 Å². The van der Waals surface area contributed by atoms with Crippen molar-refractivity contribution >= 4 is 17.4 Å². The molecule has 1 fully saturated rings. The van der Waals surface area contributed by atoms with Gasteiger partial charge in [0.05, 0.1) is 31.0 Å². The smallest absolute Gasteiger partial charge is 0.296 e. The molecule has 0 aliphatic carbocycles. The minimum absolute atomic E-state index is 0.00224. The summed E-state index contributed by atoms with van der Waals surface area (Å²) in [5.41, 5.74) is 1.02. The van der Waals surface area contributed by atoms with Crippen LogP contribution in [0.1, 0.15) is 29.9 Å². The molecule has 1 saturated heterocycles. The number of aliphatic hydroxyl groups excluding tert-OH is 1. The number of Topliss-reactive ketones (excluding diaryl/α,β-unsaturated/α-hetero) is 1. The van der Waals surface area contributed by atoms with Gasteiger partial charge in [-0.1, -0.05) is 30.3 Å². The normalized spacial score (nSPS) is 16.7. The van der Waals surface area contributed by atoms with Gasteiger partial charge in [-0.05, 0) is 73.2 Å². The molecular formula is C30H25NO6. The molecule has 1 aliphatic heterocycles. The number of ether oxygens (including phenoxy) is 2. The molecule has 0 bridgehead atoms. The summed E-state index contributed by atoms with van der Waals surface area (Å²) in [6, 6.07) is 25.8. The summed E-state index contributed by atoms with van der Waals surface area (Å²) in [6.07, 6.45) is 1.51. The minimum atomic E-state index is -0.851. The summed E-state index contributed by atoms with van der Waals surface area (Å²) in [6.45, 7) is 2.45. The molecule has 5 rings (SSSR count). The molecule has 1 N–H and O–H groups in total. The number of amides is 1. The first kappa shape index (κ1) is 23.9. The standard InChI is InChI=1S/C30H25NO6/c1-2-35-22-15-13-20(14-16-22)28(32)26-27(31(30(34)29(26)33)19-25-12-7-17-36-25)21-8-6-11-24(18-21)37-23-9-4-3-5-10-23/h3-18,27,32H,2,19H2,1H3/b28-26+. The van der Waals surface area contributed by atoms with E-state index in [1.54, 1.807) is 60.7 Å². The van der Waals surface area contributed by atoms with E-state index in [0.717, 1.165) is 0 Å². The summed E-state index contributed by atoms with van der Waals surface area (Å²) in [5, 5.41) is 11.3. The number of hydrogen-bond donors (Lipinski definition) is 1. The molecule has 1 amide bonds. The predicted octanol–water partition coefficient (Wildman–Crippen LogP) is 6.09. The topological polar surface area (TPSA) is 89.2 Å². The number of carbonyl (C=O) groups is 2. The van der Waals surface area contributed by atoms with Crippen LogP contribution in [0, 0.1) is 0 Å². The van der Waals surface area contributed by atoms with Gasteiger partial charge in [0.15, 0.2) is 0 Å². The van der Waals surface area contributed by atoms with Gasteiger partial charge in [-0.3, -0.25) is 9.59 Å². The third-order valence-corrected chi connectivity index (χ3v) is 6.04. The highest BCUT2D eigenvalue weighted by Gasteiger charge is 2.46. The van der Waals surface area contributed by atoms with Crippen LogP contribution in [0.5, 0.6) is 17.2 Å². The Labute approximate surface area is 214 Å². The van der Waals surface area contributed by atoms with Gasteiger partial charge < -0.3 is 23.9 Å². The van der Waals surface area contributed by atoms with E-state index in [0.29, 0.717) is 40.7 Å². The fourth-order valence-corrected chi connectivity index (χ4v) is 4.36. The van der Waals surface area contributed by atoms with Crippen molar-refractivity contribution in [2.75, 3.05) is 6.61 Å². The number of likely N-dealkylation sites (tertiary alicyclic amines) is 1. The molecule has 1 atom stereocenters. The van der Waals surface area contributed by atoms with Crippen LogP contribution in [0.25, 0.3) is 5.76 Å². The van der Waals surface area contributed by atoms with Crippen LogP contribution in [0.2, 0.25) is 0 Å². The summed E-state index contributed by atoms with van der Waals surface area (Å²) in [5.74, 6) is 0.597. The largest absolute Gasteiger partial charge is 0.507 e. The highest BCUT2D eigenvalue weighted by Crippen LogP contribution is 2.41. The van der Waals surface area contributed by atoms with Gasteiger partial charge in [0.1, 0.15) is 28.8 Å². The first-order valence-corrected chi connectivity index (χ1v) is 11.9. The molecule has 186 valence electrons. The molecule has 0 saturated carbocycles. The molecule has 7 heteroatoms. The van der Waals surface area contributed by atoms with Crippen LogP contribution >= 0.6 is 0 Å². The van der Waals surface area contributed by atoms with E-state index in [1.807, 2.05) is 37.3 Å². The van der Waals surface area contributed by atoms with Crippen LogP contribution in [-0.2, 0) is 16.1 Å². The first-order valence-electron chi connectivity index (χ1n) is 11.9. The van der Waals surface area contributed by atoms with E-state index in [4.69, 9.17) is 13.9 Å². The third-order valence-electron chi connectivity index (χ3n) is 6.04. The zero-order chi connectivity index (χ0) is 25.8. The van der Waals surface area contributed by atoms with Crippen molar-refractivity contribution < 1.29 is 28.6 Å². The number of ketones is 1. The molecular weight excluding hydrogens is 470 g/mol. The van der Waals surface area contributed by atoms with Gasteiger partial charge in [-0.15, -0.1) is 0 Å². The maximum atomic E-state index is 13.3. The van der Waals surface area contributed by atoms with Crippen molar-refractivity contribution in [3.8, 4) is 17.2 Å². The molecule has 0 spiro atoms. The van der Waals surface area contributed by atoms with Crippen molar-refractivity contribution in [2.45, 2.75) is 19.5 Å². The Hall–Kier alpha value is -4.78. The maximum absolute atomic E-state index is 13.3. The number of rotatable bonds is 8. The number of carbonyl (C=O) groups excluding carboxylic acids is 2. The Morgan fingerprint density at radius 1 is 0.892 bits per heavy atom. The second-order valence-electron chi connectivity index (χ2n) is 8.45. The van der Waals surface area contributed by atoms with E-state index in [2.05, 4.69) is 0 Å². The van der Waals surface area contributed by atoms with Crippen LogP contribution < -0.4 is 9.47 Å². The fraction of sp³-hybridized carbons (Fsp3) is 0.133. The average Bonchev–Trinajstić information content (AvgIpc) is 3.52. The SMILES string of the molecule is CCOc1ccc(/C(O)=C2\C(=O)C(=O)N(Cc3ccco3)C2c2cccc(Oc3ccccc3)c2)cc1. The summed E-state index contributed by atoms with van der Waals surface area (Å²) in [7, 11) is 0. The molecule has 4 aromatic rings. The van der Waals surface area contributed by atoms with Crippen LogP contribution in [0.15, 0.2) is 107 Å². The van der Waals surface area contributed by atoms with Gasteiger partial charge in [-0.2, -0.15) is 0 Å². The number of benzene rings is 3. The Kier molecular flexibility index (Phi) is 6.76. The van der Waals surface area contributed by atoms with Crippen molar-refractivity contribution in [1.29, 1.82) is 0 Å². The van der Waals surface area contributed by atoms with Crippen LogP contribution in [0.4, 0.5) is 0 Å². The second kappa shape index (κ2) is 10.5. The molecule has 0 radical (unpaired) electrons. The number of para-hydroxylation sites is 1. The van der Waals surface area contributed by atoms with Gasteiger partial charge in [0.2, 0.25) is 0 Å². The highest BCUT2D eigenvalue weighted by atomic mass is 16.5. The Balaban J connectivity index is 1.58. The highest BCUT2D eigenvalue weighted by molar-refractivity contribution is 6.46. The van der Waals surface area contributed by atoms with E-state index in [1.165, 1.54) is 11.2 Å². The second-order valence-corrected chi connectivity index (χ2v) is 8.45. The summed E-state index contributed by atoms with van der Waals surface area (Å²) >= 11 is 0. The average molecular weight is 496 g/mol. The van der Waals surface area contributed by atoms with E-state index in [-0.39, 0.29) is 17.9 Å². The van der Waals surface area contributed by atoms with E-state index >= 15 is 0 Å². The van der Waals surface area contributed by atoms with Gasteiger partial charge >= 0.3 is 0 Å². The lowest BCUT2D eigenvalue weighted by Gasteiger charge is -2.25. The monoisotopic (exact) mass is 495 g/mol. The van der Waals surface area contributed by atoms with Gasteiger partial charge in [0, 0.05) is 5.56 Å². The number of nitrogens with zero attached hydrogens (tertiary/aromatic N) is 1. The quantitative estimate of drug-likeness (QED) is 0.181. The van der Waals surface area contributed by atoms with E-state index < -0.39 is 17.7 Å². The van der Waals surface area contributed by atoms with Crippen LogP contribution in [0.3, 0.4) is 0 Å². The molecule has 1 aromatic heterocycles. The fourth-order valence-electron chi connectivity index (χ4n) is 4.36. The summed E-state index contributed by atoms with van der Waals surface area (Å²) < 4.78 is 16.9. The molecule has 3 aromatic carbocycles. The molecule has 1 unspecified atom stereocenters. The molecule has 7 nitrogen and oxygen atoms in total. The first-order chi connectivity index (χ1) is 18.0. The van der Waals surface area contributed by atoms with Crippen molar-refractivity contribution in [3.05, 3.63) is 120 Å². The third kappa shape index (κ3) is 4.97.